The van der Waals surface area contributed by atoms with Crippen LogP contribution in [-0.4, -0.2) is 32.6 Å². The highest BCUT2D eigenvalue weighted by atomic mass is 31.2. The van der Waals surface area contributed by atoms with Gasteiger partial charge < -0.3 is 23.3 Å². The zero-order valence-electron chi connectivity index (χ0n) is 13.4. The molecule has 0 fully saturated rings. The van der Waals surface area contributed by atoms with E-state index in [0.29, 0.717) is 17.1 Å². The van der Waals surface area contributed by atoms with Crippen LogP contribution >= 0.6 is 7.60 Å². The molecule has 1 heterocycles. The number of hydrogen-bond donors (Lipinski definition) is 0. The van der Waals surface area contributed by atoms with Gasteiger partial charge in [-0.05, 0) is 38.5 Å². The fraction of sp³-hybridized carbons (Fsp3) is 0.533. The Bertz CT molecular complexity index is 591. The number of carbonyl (C=O) groups is 1. The second-order valence-corrected chi connectivity index (χ2v) is 6.76. The first-order valence-corrected chi connectivity index (χ1v) is 9.11. The summed E-state index contributed by atoms with van der Waals surface area (Å²) in [6.45, 7) is 5.63. The van der Waals surface area contributed by atoms with Crippen molar-refractivity contribution in [2.75, 3.05) is 26.6 Å². The number of rotatable bonds is 8. The third-order valence-corrected chi connectivity index (χ3v) is 5.53. The lowest BCUT2D eigenvalue weighted by Gasteiger charge is -2.25. The second-order valence-electron chi connectivity index (χ2n) is 4.64. The van der Waals surface area contributed by atoms with Crippen molar-refractivity contribution in [3.05, 3.63) is 23.8 Å². The average molecular weight is 344 g/mol. The van der Waals surface area contributed by atoms with E-state index in [1.54, 1.807) is 39.0 Å². The van der Waals surface area contributed by atoms with E-state index in [9.17, 15) is 9.36 Å². The molecular formula is C15H21O7P. The summed E-state index contributed by atoms with van der Waals surface area (Å²) in [6, 6.07) is 4.90. The predicted octanol–water partition coefficient (Wildman–Crippen LogP) is 3.29. The maximum atomic E-state index is 13.1. The molecule has 7 nitrogen and oxygen atoms in total. The molecule has 0 bridgehead atoms. The highest BCUT2D eigenvalue weighted by Crippen LogP contribution is 2.62. The van der Waals surface area contributed by atoms with E-state index in [1.807, 2.05) is 0 Å². The number of esters is 1. The average Bonchev–Trinajstić information content (AvgIpc) is 2.95. The normalized spacial score (nSPS) is 14.6. The van der Waals surface area contributed by atoms with Gasteiger partial charge in [-0.3, -0.25) is 9.36 Å². The van der Waals surface area contributed by atoms with Gasteiger partial charge in [0.1, 0.15) is 0 Å². The van der Waals surface area contributed by atoms with Gasteiger partial charge in [0, 0.05) is 0 Å². The molecule has 0 saturated heterocycles. The van der Waals surface area contributed by atoms with Crippen LogP contribution in [0.3, 0.4) is 0 Å². The van der Waals surface area contributed by atoms with Crippen LogP contribution in [0.25, 0.3) is 0 Å². The molecule has 0 spiro atoms. The van der Waals surface area contributed by atoms with Gasteiger partial charge in [-0.1, -0.05) is 6.07 Å². The predicted molar refractivity (Wildman–Crippen MR) is 82.8 cm³/mol. The molecule has 0 saturated carbocycles. The number of benzene rings is 1. The molecule has 0 amide bonds. The minimum Gasteiger partial charge on any atom is -0.465 e. The summed E-state index contributed by atoms with van der Waals surface area (Å²) in [5, 5.41) is 0. The van der Waals surface area contributed by atoms with Crippen LogP contribution in [0.15, 0.2) is 18.2 Å². The first-order valence-electron chi connectivity index (χ1n) is 7.50. The first-order chi connectivity index (χ1) is 11.1. The lowest BCUT2D eigenvalue weighted by Crippen LogP contribution is -2.19. The standard InChI is InChI=1S/C15H21O7P/c1-4-18-15(16)14(23(17,21-5-2)22-6-3)11-7-8-12-13(9-11)20-10-19-12/h7-9,14H,4-6,10H2,1-3H3. The smallest absolute Gasteiger partial charge is 0.349 e. The Labute approximate surface area is 135 Å². The van der Waals surface area contributed by atoms with Crippen LogP contribution in [0.5, 0.6) is 11.5 Å². The Morgan fingerprint density at radius 3 is 2.39 bits per heavy atom. The van der Waals surface area contributed by atoms with Gasteiger partial charge in [0.25, 0.3) is 0 Å². The summed E-state index contributed by atoms with van der Waals surface area (Å²) in [7, 11) is -3.73. The van der Waals surface area contributed by atoms with E-state index in [0.717, 1.165) is 0 Å². The van der Waals surface area contributed by atoms with E-state index >= 15 is 0 Å². The zero-order chi connectivity index (χ0) is 16.9. The summed E-state index contributed by atoms with van der Waals surface area (Å²) in [4.78, 5) is 12.4. The van der Waals surface area contributed by atoms with Crippen molar-refractivity contribution < 1.29 is 32.6 Å². The largest absolute Gasteiger partial charge is 0.465 e. The van der Waals surface area contributed by atoms with Gasteiger partial charge in [0.15, 0.2) is 17.2 Å². The van der Waals surface area contributed by atoms with Crippen molar-refractivity contribution in [1.29, 1.82) is 0 Å². The molecule has 1 aliphatic rings. The molecule has 1 aliphatic heterocycles. The SMILES string of the molecule is CCOC(=O)C(c1ccc2c(c1)OCO2)P(=O)(OCC)OCC. The quantitative estimate of drug-likeness (QED) is 0.529. The Morgan fingerprint density at radius 1 is 1.13 bits per heavy atom. The number of hydrogen-bond acceptors (Lipinski definition) is 7. The van der Waals surface area contributed by atoms with Gasteiger partial charge in [-0.2, -0.15) is 0 Å². The van der Waals surface area contributed by atoms with Crippen molar-refractivity contribution in [2.24, 2.45) is 0 Å². The molecule has 128 valence electrons. The Morgan fingerprint density at radius 2 is 1.78 bits per heavy atom. The summed E-state index contributed by atoms with van der Waals surface area (Å²) < 4.78 is 39.4. The third kappa shape index (κ3) is 3.86. The maximum absolute atomic E-state index is 13.1. The van der Waals surface area contributed by atoms with E-state index in [2.05, 4.69) is 0 Å². The molecule has 1 aromatic rings. The molecule has 1 aromatic carbocycles. The van der Waals surface area contributed by atoms with Gasteiger partial charge >= 0.3 is 13.6 Å². The fourth-order valence-electron chi connectivity index (χ4n) is 2.30. The maximum Gasteiger partial charge on any atom is 0.349 e. The molecule has 1 unspecified atom stereocenters. The highest BCUT2D eigenvalue weighted by molar-refractivity contribution is 7.55. The van der Waals surface area contributed by atoms with Crippen LogP contribution in [0.1, 0.15) is 32.0 Å². The van der Waals surface area contributed by atoms with Crippen molar-refractivity contribution in [3.8, 4) is 11.5 Å². The van der Waals surface area contributed by atoms with Gasteiger partial charge in [0.2, 0.25) is 6.79 Å². The summed E-state index contributed by atoms with van der Waals surface area (Å²) in [6.07, 6.45) is 0. The van der Waals surface area contributed by atoms with E-state index in [-0.39, 0.29) is 26.6 Å². The van der Waals surface area contributed by atoms with E-state index in [4.69, 9.17) is 23.3 Å². The van der Waals surface area contributed by atoms with Crippen molar-refractivity contribution in [1.82, 2.24) is 0 Å². The van der Waals surface area contributed by atoms with Crippen LogP contribution < -0.4 is 9.47 Å². The Hall–Kier alpha value is -1.56. The monoisotopic (exact) mass is 344 g/mol. The molecule has 1 atom stereocenters. The van der Waals surface area contributed by atoms with Gasteiger partial charge in [-0.15, -0.1) is 0 Å². The second kappa shape index (κ2) is 7.81. The van der Waals surface area contributed by atoms with E-state index in [1.165, 1.54) is 0 Å². The molecule has 23 heavy (non-hydrogen) atoms. The minimum atomic E-state index is -3.73. The van der Waals surface area contributed by atoms with Crippen LogP contribution in [0.2, 0.25) is 0 Å². The van der Waals surface area contributed by atoms with Gasteiger partial charge in [0.05, 0.1) is 19.8 Å². The lowest BCUT2D eigenvalue weighted by atomic mass is 10.1. The fourth-order valence-corrected chi connectivity index (χ4v) is 4.25. The summed E-state index contributed by atoms with van der Waals surface area (Å²) in [5.74, 6) is 0.395. The molecule has 0 radical (unpaired) electrons. The third-order valence-electron chi connectivity index (χ3n) is 3.16. The van der Waals surface area contributed by atoms with E-state index < -0.39 is 19.2 Å². The molecule has 2 rings (SSSR count). The summed E-state index contributed by atoms with van der Waals surface area (Å²) in [5.41, 5.74) is -0.727. The molecule has 0 N–H and O–H groups in total. The Kier molecular flexibility index (Phi) is 6.04. The molecule has 0 aromatic heterocycles. The minimum absolute atomic E-state index is 0.109. The van der Waals surface area contributed by atoms with Crippen molar-refractivity contribution >= 4 is 13.6 Å². The van der Waals surface area contributed by atoms with Crippen LogP contribution in [-0.2, 0) is 23.1 Å². The molecule has 0 aliphatic carbocycles. The zero-order valence-corrected chi connectivity index (χ0v) is 14.3. The van der Waals surface area contributed by atoms with Crippen molar-refractivity contribution in [2.45, 2.75) is 26.4 Å². The van der Waals surface area contributed by atoms with Gasteiger partial charge in [-0.25, -0.2) is 0 Å². The molecule has 8 heteroatoms. The topological polar surface area (TPSA) is 80.3 Å². The van der Waals surface area contributed by atoms with Crippen molar-refractivity contribution in [3.63, 3.8) is 0 Å². The highest BCUT2D eigenvalue weighted by Gasteiger charge is 2.44. The lowest BCUT2D eigenvalue weighted by molar-refractivity contribution is -0.143. The first kappa shape index (κ1) is 17.8. The van der Waals surface area contributed by atoms with Crippen LogP contribution in [0.4, 0.5) is 0 Å². The Balaban J connectivity index is 2.44. The number of carbonyl (C=O) groups excluding carboxylic acids is 1. The number of ether oxygens (including phenoxy) is 3. The molecular weight excluding hydrogens is 323 g/mol. The van der Waals surface area contributed by atoms with Crippen LogP contribution in [0, 0.1) is 0 Å². The summed E-state index contributed by atoms with van der Waals surface area (Å²) >= 11 is 0. The number of fused-ring (bicyclic) bond motifs is 1.